The molecule has 1 N–H and O–H groups in total. The molecule has 1 aliphatic carbocycles. The molecule has 0 radical (unpaired) electrons. The summed E-state index contributed by atoms with van der Waals surface area (Å²) in [7, 11) is 1.42. The SMILES string of the molecule is CCNC(C)(COC1CCCCC1)C(=O)OC. The normalized spacial score (nSPS) is 20.9. The molecular formula is C13H25NO3. The first kappa shape index (κ1) is 14.5. The summed E-state index contributed by atoms with van der Waals surface area (Å²) in [5.74, 6) is -0.254. The first-order valence-electron chi connectivity index (χ1n) is 6.57. The number of rotatable bonds is 6. The monoisotopic (exact) mass is 243 g/mol. The van der Waals surface area contributed by atoms with Crippen LogP contribution in [0.3, 0.4) is 0 Å². The van der Waals surface area contributed by atoms with Crippen LogP contribution in [0.15, 0.2) is 0 Å². The van der Waals surface area contributed by atoms with Gasteiger partial charge in [0.15, 0.2) is 0 Å². The van der Waals surface area contributed by atoms with Gasteiger partial charge in [-0.05, 0) is 26.3 Å². The van der Waals surface area contributed by atoms with Crippen molar-refractivity contribution in [3.05, 3.63) is 0 Å². The second-order valence-corrected chi connectivity index (χ2v) is 4.93. The molecule has 1 unspecified atom stereocenters. The van der Waals surface area contributed by atoms with E-state index in [4.69, 9.17) is 9.47 Å². The van der Waals surface area contributed by atoms with Gasteiger partial charge in [0.2, 0.25) is 0 Å². The average Bonchev–Trinajstić information content (AvgIpc) is 2.37. The van der Waals surface area contributed by atoms with Gasteiger partial charge in [-0.25, -0.2) is 4.79 Å². The molecule has 0 aliphatic heterocycles. The Balaban J connectivity index is 2.45. The molecule has 1 atom stereocenters. The lowest BCUT2D eigenvalue weighted by molar-refractivity contribution is -0.152. The standard InChI is InChI=1S/C13H25NO3/c1-4-14-13(2,12(15)16-3)10-17-11-8-6-5-7-9-11/h11,14H,4-10H2,1-3H3. The van der Waals surface area contributed by atoms with Gasteiger partial charge in [0.05, 0.1) is 19.8 Å². The number of nitrogens with one attached hydrogen (secondary N) is 1. The van der Waals surface area contributed by atoms with Crippen LogP contribution >= 0.6 is 0 Å². The van der Waals surface area contributed by atoms with Crippen molar-refractivity contribution >= 4 is 5.97 Å². The van der Waals surface area contributed by atoms with Crippen molar-refractivity contribution in [1.82, 2.24) is 5.32 Å². The van der Waals surface area contributed by atoms with E-state index in [9.17, 15) is 4.79 Å². The molecular weight excluding hydrogens is 218 g/mol. The molecule has 1 fully saturated rings. The maximum Gasteiger partial charge on any atom is 0.328 e. The van der Waals surface area contributed by atoms with Crippen LogP contribution in [-0.4, -0.2) is 37.9 Å². The molecule has 0 aromatic rings. The maximum absolute atomic E-state index is 11.7. The first-order chi connectivity index (χ1) is 8.12. The third kappa shape index (κ3) is 4.28. The van der Waals surface area contributed by atoms with Gasteiger partial charge in [0, 0.05) is 0 Å². The van der Waals surface area contributed by atoms with Crippen LogP contribution < -0.4 is 5.32 Å². The molecule has 1 saturated carbocycles. The number of hydrogen-bond acceptors (Lipinski definition) is 4. The third-order valence-electron chi connectivity index (χ3n) is 3.36. The molecule has 4 heteroatoms. The van der Waals surface area contributed by atoms with E-state index in [-0.39, 0.29) is 5.97 Å². The summed E-state index contributed by atoms with van der Waals surface area (Å²) in [5, 5.41) is 3.15. The summed E-state index contributed by atoms with van der Waals surface area (Å²) in [6.45, 7) is 4.92. The van der Waals surface area contributed by atoms with Gasteiger partial charge in [-0.2, -0.15) is 0 Å². The van der Waals surface area contributed by atoms with E-state index in [1.807, 2.05) is 13.8 Å². The number of esters is 1. The predicted octanol–water partition coefficient (Wildman–Crippen LogP) is 1.88. The number of methoxy groups -OCH3 is 1. The number of likely N-dealkylation sites (N-methyl/N-ethyl adjacent to an activating group) is 1. The van der Waals surface area contributed by atoms with Crippen LogP contribution in [0.4, 0.5) is 0 Å². The fourth-order valence-electron chi connectivity index (χ4n) is 2.31. The van der Waals surface area contributed by atoms with Crippen molar-refractivity contribution in [3.8, 4) is 0 Å². The highest BCUT2D eigenvalue weighted by Gasteiger charge is 2.34. The second-order valence-electron chi connectivity index (χ2n) is 4.93. The van der Waals surface area contributed by atoms with Gasteiger partial charge in [-0.3, -0.25) is 0 Å². The van der Waals surface area contributed by atoms with E-state index in [2.05, 4.69) is 5.32 Å². The quantitative estimate of drug-likeness (QED) is 0.724. The lowest BCUT2D eigenvalue weighted by atomic mass is 9.97. The average molecular weight is 243 g/mol. The fourth-order valence-corrected chi connectivity index (χ4v) is 2.31. The van der Waals surface area contributed by atoms with Gasteiger partial charge in [-0.1, -0.05) is 26.2 Å². The van der Waals surface area contributed by atoms with Crippen LogP contribution in [0.2, 0.25) is 0 Å². The van der Waals surface area contributed by atoms with Gasteiger partial charge in [0.25, 0.3) is 0 Å². The maximum atomic E-state index is 11.7. The van der Waals surface area contributed by atoms with E-state index in [0.29, 0.717) is 12.7 Å². The molecule has 1 rings (SSSR count). The van der Waals surface area contributed by atoms with Crippen molar-refractivity contribution in [1.29, 1.82) is 0 Å². The summed E-state index contributed by atoms with van der Waals surface area (Å²) in [6.07, 6.45) is 6.32. The molecule has 1 aliphatic rings. The lowest BCUT2D eigenvalue weighted by Crippen LogP contribution is -2.54. The Morgan fingerprint density at radius 3 is 2.53 bits per heavy atom. The molecule has 0 aromatic carbocycles. The van der Waals surface area contributed by atoms with Gasteiger partial charge < -0.3 is 14.8 Å². The highest BCUT2D eigenvalue weighted by molar-refractivity contribution is 5.80. The van der Waals surface area contributed by atoms with E-state index in [1.54, 1.807) is 0 Å². The zero-order chi connectivity index (χ0) is 12.7. The molecule has 0 saturated heterocycles. The Kier molecular flexibility index (Phi) is 5.92. The Labute approximate surface area is 104 Å². The minimum atomic E-state index is -0.721. The topological polar surface area (TPSA) is 47.6 Å². The summed E-state index contributed by atoms with van der Waals surface area (Å²) in [4.78, 5) is 11.7. The van der Waals surface area contributed by atoms with Gasteiger partial charge in [0.1, 0.15) is 5.54 Å². The Bertz CT molecular complexity index is 239. The molecule has 17 heavy (non-hydrogen) atoms. The van der Waals surface area contributed by atoms with Crippen LogP contribution in [0.1, 0.15) is 46.0 Å². The molecule has 0 aromatic heterocycles. The molecule has 0 spiro atoms. The predicted molar refractivity (Wildman–Crippen MR) is 66.9 cm³/mol. The Hall–Kier alpha value is -0.610. The fraction of sp³-hybridized carbons (Fsp3) is 0.923. The van der Waals surface area contributed by atoms with Crippen LogP contribution in [0, 0.1) is 0 Å². The van der Waals surface area contributed by atoms with Crippen molar-refractivity contribution in [2.24, 2.45) is 0 Å². The van der Waals surface area contributed by atoms with E-state index < -0.39 is 5.54 Å². The summed E-state index contributed by atoms with van der Waals surface area (Å²) in [6, 6.07) is 0. The van der Waals surface area contributed by atoms with E-state index in [0.717, 1.165) is 19.4 Å². The van der Waals surface area contributed by atoms with Crippen LogP contribution in [0.25, 0.3) is 0 Å². The highest BCUT2D eigenvalue weighted by atomic mass is 16.5. The van der Waals surface area contributed by atoms with Gasteiger partial charge in [-0.15, -0.1) is 0 Å². The second kappa shape index (κ2) is 6.97. The minimum Gasteiger partial charge on any atom is -0.468 e. The van der Waals surface area contributed by atoms with Crippen LogP contribution in [0.5, 0.6) is 0 Å². The van der Waals surface area contributed by atoms with E-state index >= 15 is 0 Å². The van der Waals surface area contributed by atoms with E-state index in [1.165, 1.54) is 26.4 Å². The molecule has 0 heterocycles. The number of carbonyl (C=O) groups excluding carboxylic acids is 1. The summed E-state index contributed by atoms with van der Waals surface area (Å²) >= 11 is 0. The molecule has 0 amide bonds. The van der Waals surface area contributed by atoms with Crippen molar-refractivity contribution in [3.63, 3.8) is 0 Å². The number of ether oxygens (including phenoxy) is 2. The molecule has 100 valence electrons. The Morgan fingerprint density at radius 2 is 2.00 bits per heavy atom. The van der Waals surface area contributed by atoms with Gasteiger partial charge >= 0.3 is 5.97 Å². The molecule has 0 bridgehead atoms. The van der Waals surface area contributed by atoms with Crippen molar-refractivity contribution in [2.45, 2.75) is 57.6 Å². The zero-order valence-corrected chi connectivity index (χ0v) is 11.3. The number of hydrogen-bond donors (Lipinski definition) is 1. The lowest BCUT2D eigenvalue weighted by Gasteiger charge is -2.30. The molecule has 4 nitrogen and oxygen atoms in total. The largest absolute Gasteiger partial charge is 0.468 e. The zero-order valence-electron chi connectivity index (χ0n) is 11.3. The minimum absolute atomic E-state index is 0.254. The summed E-state index contributed by atoms with van der Waals surface area (Å²) < 4.78 is 10.7. The highest BCUT2D eigenvalue weighted by Crippen LogP contribution is 2.21. The van der Waals surface area contributed by atoms with Crippen LogP contribution in [-0.2, 0) is 14.3 Å². The third-order valence-corrected chi connectivity index (χ3v) is 3.36. The summed E-state index contributed by atoms with van der Waals surface area (Å²) in [5.41, 5.74) is -0.721. The smallest absolute Gasteiger partial charge is 0.328 e. The first-order valence-corrected chi connectivity index (χ1v) is 6.57. The Morgan fingerprint density at radius 1 is 1.35 bits per heavy atom. The van der Waals surface area contributed by atoms with Crippen molar-refractivity contribution < 1.29 is 14.3 Å². The number of carbonyl (C=O) groups is 1. The van der Waals surface area contributed by atoms with Crippen molar-refractivity contribution in [2.75, 3.05) is 20.3 Å².